The number of aliphatic hydroxyl groups excluding tert-OH is 3. The number of carbonyl (C=O) groups is 2. The van der Waals surface area contributed by atoms with Crippen molar-refractivity contribution in [3.05, 3.63) is 92.8 Å². The van der Waals surface area contributed by atoms with Gasteiger partial charge in [0.2, 0.25) is 5.91 Å². The van der Waals surface area contributed by atoms with Crippen LogP contribution in [0.15, 0.2) is 76.7 Å². The third-order valence-corrected chi connectivity index (χ3v) is 9.12. The molecule has 0 radical (unpaired) electrons. The summed E-state index contributed by atoms with van der Waals surface area (Å²) in [6.07, 6.45) is -0.492. The maximum Gasteiger partial charge on any atom is 0.289 e. The summed E-state index contributed by atoms with van der Waals surface area (Å²) in [7, 11) is 4.55. The highest BCUT2D eigenvalue weighted by Crippen LogP contribution is 2.38. The van der Waals surface area contributed by atoms with Crippen LogP contribution in [-0.2, 0) is 17.8 Å². The summed E-state index contributed by atoms with van der Waals surface area (Å²) in [6.45, 7) is -0.319. The highest BCUT2D eigenvalue weighted by atomic mass is 127. The Morgan fingerprint density at radius 1 is 0.980 bits per heavy atom. The number of ether oxygens (including phenoxy) is 4. The van der Waals surface area contributed by atoms with Crippen molar-refractivity contribution in [2.24, 2.45) is 0 Å². The van der Waals surface area contributed by atoms with Gasteiger partial charge < -0.3 is 48.9 Å². The van der Waals surface area contributed by atoms with E-state index in [0.717, 1.165) is 5.56 Å². The van der Waals surface area contributed by atoms with Gasteiger partial charge in [-0.2, -0.15) is 0 Å². The van der Waals surface area contributed by atoms with Crippen molar-refractivity contribution in [1.82, 2.24) is 10.2 Å². The fourth-order valence-electron chi connectivity index (χ4n) is 5.83. The van der Waals surface area contributed by atoms with Crippen molar-refractivity contribution in [2.45, 2.75) is 37.7 Å². The number of rotatable bonds is 14. The first-order valence-corrected chi connectivity index (χ1v) is 16.7. The SMILES string of the molecule is COc1cccc(CCN(C(=O)c2cc3cccc(OC)c3o2)C2CC(C(=O)NCCO)=CC(Oc3c(I)cc(CO)cc3OC)C2O)c1. The molecule has 1 aliphatic carbocycles. The molecular weight excluding hydrogens is 747 g/mol. The maximum atomic E-state index is 14.5. The highest BCUT2D eigenvalue weighted by Gasteiger charge is 2.42. The Morgan fingerprint density at radius 3 is 2.47 bits per heavy atom. The van der Waals surface area contributed by atoms with Gasteiger partial charge in [-0.05, 0) is 82.6 Å². The van der Waals surface area contributed by atoms with Gasteiger partial charge in [-0.25, -0.2) is 0 Å². The van der Waals surface area contributed by atoms with Gasteiger partial charge >= 0.3 is 0 Å². The Balaban J connectivity index is 1.56. The van der Waals surface area contributed by atoms with E-state index in [9.17, 15) is 24.9 Å². The quantitative estimate of drug-likeness (QED) is 0.138. The molecule has 4 N–H and O–H groups in total. The van der Waals surface area contributed by atoms with Gasteiger partial charge in [-0.3, -0.25) is 9.59 Å². The number of para-hydroxylation sites is 1. The summed E-state index contributed by atoms with van der Waals surface area (Å²) in [5.74, 6) is 0.819. The zero-order valence-corrected chi connectivity index (χ0v) is 29.5. The number of carbonyl (C=O) groups excluding carboxylic acids is 2. The van der Waals surface area contributed by atoms with Gasteiger partial charge in [-0.15, -0.1) is 0 Å². The summed E-state index contributed by atoms with van der Waals surface area (Å²) < 4.78 is 29.4. The van der Waals surface area contributed by atoms with Gasteiger partial charge in [0.1, 0.15) is 18.0 Å². The van der Waals surface area contributed by atoms with Gasteiger partial charge in [0.05, 0.1) is 44.2 Å². The van der Waals surface area contributed by atoms with Crippen LogP contribution in [0.2, 0.25) is 0 Å². The zero-order chi connectivity index (χ0) is 35.1. The molecular formula is C36H39IN2O10. The molecule has 3 aromatic carbocycles. The number of aliphatic hydroxyl groups is 3. The van der Waals surface area contributed by atoms with Gasteiger partial charge in [0, 0.05) is 30.5 Å². The third kappa shape index (κ3) is 8.12. The van der Waals surface area contributed by atoms with E-state index in [-0.39, 0.29) is 44.1 Å². The molecule has 0 saturated carbocycles. The largest absolute Gasteiger partial charge is 0.497 e. The van der Waals surface area contributed by atoms with E-state index < -0.39 is 30.1 Å². The number of hydrogen-bond acceptors (Lipinski definition) is 10. The number of nitrogens with zero attached hydrogens (tertiary/aromatic N) is 1. The molecule has 2 amide bonds. The van der Waals surface area contributed by atoms with Crippen LogP contribution >= 0.6 is 22.6 Å². The standard InChI is InChI=1S/C36H39IN2O10/c1-45-25-8-4-6-21(14-25)10-12-39(36(44)31-18-23-7-5-9-28(46-2)33(23)49-31)27-17-24(35(43)38-11-13-40)19-29(32(27)42)48-34-26(37)15-22(20-41)16-30(34)47-3/h4-9,14-16,18-19,27,29,32,40-42H,10-13,17,20H2,1-3H3,(H,38,43). The van der Waals surface area contributed by atoms with Crippen LogP contribution in [0.5, 0.6) is 23.0 Å². The lowest BCUT2D eigenvalue weighted by Crippen LogP contribution is -2.55. The van der Waals surface area contributed by atoms with Crippen molar-refractivity contribution in [2.75, 3.05) is 41.0 Å². The van der Waals surface area contributed by atoms with E-state index in [2.05, 4.69) is 27.9 Å². The molecule has 3 atom stereocenters. The van der Waals surface area contributed by atoms with Crippen LogP contribution in [0.25, 0.3) is 11.0 Å². The molecule has 260 valence electrons. The summed E-state index contributed by atoms with van der Waals surface area (Å²) in [5.41, 5.74) is 2.16. The minimum absolute atomic E-state index is 0.0105. The molecule has 1 aromatic heterocycles. The fourth-order valence-corrected chi connectivity index (χ4v) is 6.63. The molecule has 1 heterocycles. The average Bonchev–Trinajstić information content (AvgIpc) is 3.57. The summed E-state index contributed by atoms with van der Waals surface area (Å²) in [4.78, 5) is 29.3. The second-order valence-corrected chi connectivity index (χ2v) is 12.5. The Bertz CT molecular complexity index is 1820. The molecule has 3 unspecified atom stereocenters. The van der Waals surface area contributed by atoms with E-state index >= 15 is 0 Å². The normalized spacial score (nSPS) is 17.3. The Hall–Kier alpha value is -4.31. The predicted molar refractivity (Wildman–Crippen MR) is 189 cm³/mol. The van der Waals surface area contributed by atoms with Crippen LogP contribution in [0.1, 0.15) is 28.1 Å². The van der Waals surface area contributed by atoms with Gasteiger partial charge in [0.15, 0.2) is 28.6 Å². The lowest BCUT2D eigenvalue weighted by molar-refractivity contribution is -0.118. The lowest BCUT2D eigenvalue weighted by Gasteiger charge is -2.40. The van der Waals surface area contributed by atoms with Crippen molar-refractivity contribution < 1.29 is 48.3 Å². The first kappa shape index (κ1) is 36.0. The number of fused-ring (bicyclic) bond motifs is 1. The van der Waals surface area contributed by atoms with Crippen LogP contribution < -0.4 is 24.3 Å². The molecule has 5 rings (SSSR count). The summed E-state index contributed by atoms with van der Waals surface area (Å²) >= 11 is 2.05. The fraction of sp³-hybridized carbons (Fsp3) is 0.333. The third-order valence-electron chi connectivity index (χ3n) is 8.32. The van der Waals surface area contributed by atoms with E-state index in [1.165, 1.54) is 25.2 Å². The number of methoxy groups -OCH3 is 3. The number of amides is 2. The molecule has 0 spiro atoms. The molecule has 0 fully saturated rings. The number of hydrogen-bond donors (Lipinski definition) is 4. The molecule has 12 nitrogen and oxygen atoms in total. The second-order valence-electron chi connectivity index (χ2n) is 11.4. The minimum atomic E-state index is -1.31. The van der Waals surface area contributed by atoms with E-state index in [4.69, 9.17) is 23.4 Å². The topological polar surface area (TPSA) is 160 Å². The van der Waals surface area contributed by atoms with Crippen LogP contribution in [0, 0.1) is 3.57 Å². The molecule has 4 aromatic rings. The molecule has 49 heavy (non-hydrogen) atoms. The lowest BCUT2D eigenvalue weighted by atomic mass is 9.87. The molecule has 0 bridgehead atoms. The van der Waals surface area contributed by atoms with Crippen LogP contribution in [0.4, 0.5) is 0 Å². The van der Waals surface area contributed by atoms with E-state index in [0.29, 0.717) is 49.5 Å². The van der Waals surface area contributed by atoms with E-state index in [1.807, 2.05) is 24.3 Å². The highest BCUT2D eigenvalue weighted by molar-refractivity contribution is 14.1. The van der Waals surface area contributed by atoms with Gasteiger partial charge in [-0.1, -0.05) is 24.3 Å². The second kappa shape index (κ2) is 16.4. The van der Waals surface area contributed by atoms with Crippen molar-refractivity contribution in [1.29, 1.82) is 0 Å². The van der Waals surface area contributed by atoms with Crippen LogP contribution in [-0.4, -0.2) is 91.3 Å². The minimum Gasteiger partial charge on any atom is -0.497 e. The summed E-state index contributed by atoms with van der Waals surface area (Å²) in [6, 6.07) is 16.8. The van der Waals surface area contributed by atoms with Gasteiger partial charge in [0.25, 0.3) is 5.91 Å². The molecule has 0 saturated heterocycles. The Labute approximate surface area is 297 Å². The predicted octanol–water partition coefficient (Wildman–Crippen LogP) is 3.86. The number of halogens is 1. The number of benzene rings is 3. The average molecular weight is 787 g/mol. The van der Waals surface area contributed by atoms with Crippen molar-refractivity contribution in [3.63, 3.8) is 0 Å². The maximum absolute atomic E-state index is 14.5. The van der Waals surface area contributed by atoms with Crippen LogP contribution in [0.3, 0.4) is 0 Å². The molecule has 0 aliphatic heterocycles. The summed E-state index contributed by atoms with van der Waals surface area (Å²) in [5, 5.41) is 34.4. The monoisotopic (exact) mass is 786 g/mol. The first-order chi connectivity index (χ1) is 23.7. The van der Waals surface area contributed by atoms with Crippen molar-refractivity contribution >= 4 is 45.4 Å². The first-order valence-electron chi connectivity index (χ1n) is 15.6. The molecule has 13 heteroatoms. The molecule has 1 aliphatic rings. The van der Waals surface area contributed by atoms with Crippen molar-refractivity contribution in [3.8, 4) is 23.0 Å². The number of furan rings is 1. The Kier molecular flexibility index (Phi) is 12.0. The number of nitrogens with one attached hydrogen (secondary N) is 1. The smallest absolute Gasteiger partial charge is 0.289 e. The zero-order valence-electron chi connectivity index (χ0n) is 27.4. The van der Waals surface area contributed by atoms with E-state index in [1.54, 1.807) is 43.5 Å². The Morgan fingerprint density at radius 2 is 1.76 bits per heavy atom.